The van der Waals surface area contributed by atoms with E-state index in [0.717, 1.165) is 20.3 Å². The molecule has 0 unspecified atom stereocenters. The summed E-state index contributed by atoms with van der Waals surface area (Å²) in [5.41, 5.74) is 2.95. The summed E-state index contributed by atoms with van der Waals surface area (Å²) < 4.78 is 5.85. The van der Waals surface area contributed by atoms with Crippen molar-refractivity contribution >= 4 is 37.1 Å². The van der Waals surface area contributed by atoms with Gasteiger partial charge in [-0.3, -0.25) is 0 Å². The van der Waals surface area contributed by atoms with Crippen LogP contribution in [0.15, 0.2) is 99.2 Å². The molecule has 0 atom stereocenters. The van der Waals surface area contributed by atoms with Crippen molar-refractivity contribution in [3.05, 3.63) is 105 Å². The summed E-state index contributed by atoms with van der Waals surface area (Å²) in [5, 5.41) is 2.50. The fourth-order valence-electron chi connectivity index (χ4n) is 3.81. The Hall–Kier alpha value is -3.16. The first-order chi connectivity index (χ1) is 16.7. The molecule has 0 bridgehead atoms. The summed E-state index contributed by atoms with van der Waals surface area (Å²) in [6.07, 6.45) is 4.15. The van der Waals surface area contributed by atoms with Gasteiger partial charge in [-0.15, -0.1) is 0 Å². The van der Waals surface area contributed by atoms with E-state index in [4.69, 9.17) is 15.0 Å². The van der Waals surface area contributed by atoms with E-state index in [0.29, 0.717) is 17.5 Å². The van der Waals surface area contributed by atoms with E-state index in [2.05, 4.69) is 65.3 Å². The number of allylic oxidation sites excluding steroid dienone is 4. The molecule has 0 amide bonds. The Balaban J connectivity index is 1.69. The minimum absolute atomic E-state index is 0.321. The SMILES string of the molecule is C=C([I-]/C=C\C)/C(=C\C)c1nc(-c2ccccc2)nc(-c2ccc3sc4ccccc4c3c2)n1. The van der Waals surface area contributed by atoms with Crippen molar-refractivity contribution < 1.29 is 21.2 Å². The molecule has 3 aromatic carbocycles. The Bertz CT molecular complexity index is 1560. The molecular formula is C29H23IN3S-. The molecule has 0 saturated carbocycles. The molecule has 5 heteroatoms. The average molecular weight is 572 g/mol. The Kier molecular flexibility index (Phi) is 6.65. The van der Waals surface area contributed by atoms with Crippen molar-refractivity contribution in [1.82, 2.24) is 15.0 Å². The molecule has 0 aliphatic heterocycles. The standard InChI is InChI=1S/C29H23IN3S/c1-4-17-30-19(3)22(5-2)29-32-27(20-11-7-6-8-12-20)31-28(33-29)21-15-16-26-24(18-21)23-13-9-10-14-25(23)34-26/h4-18H,3H2,1-2H3/q-1/b17-4-,22-5+. The summed E-state index contributed by atoms with van der Waals surface area (Å²) in [5.74, 6) is 2.03. The van der Waals surface area contributed by atoms with Gasteiger partial charge < -0.3 is 0 Å². The third-order valence-electron chi connectivity index (χ3n) is 5.44. The first-order valence-corrected chi connectivity index (χ1v) is 14.2. The maximum absolute atomic E-state index is 4.95. The average Bonchev–Trinajstić information content (AvgIpc) is 3.26. The number of hydrogen-bond donors (Lipinski definition) is 0. The van der Waals surface area contributed by atoms with Crippen LogP contribution in [0.4, 0.5) is 0 Å². The quantitative estimate of drug-likeness (QED) is 0.210. The molecular weight excluding hydrogens is 549 g/mol. The molecule has 2 aromatic heterocycles. The van der Waals surface area contributed by atoms with E-state index in [1.165, 1.54) is 20.2 Å². The van der Waals surface area contributed by atoms with Crippen LogP contribution in [0.25, 0.3) is 48.5 Å². The van der Waals surface area contributed by atoms with E-state index in [1.807, 2.05) is 55.5 Å². The van der Waals surface area contributed by atoms with Gasteiger partial charge in [-0.25, -0.2) is 0 Å². The van der Waals surface area contributed by atoms with Crippen LogP contribution >= 0.6 is 11.3 Å². The molecule has 0 spiro atoms. The van der Waals surface area contributed by atoms with Crippen LogP contribution in [0.5, 0.6) is 0 Å². The van der Waals surface area contributed by atoms with Gasteiger partial charge in [0.25, 0.3) is 0 Å². The number of benzene rings is 3. The van der Waals surface area contributed by atoms with Crippen molar-refractivity contribution in [2.24, 2.45) is 0 Å². The zero-order chi connectivity index (χ0) is 23.5. The first-order valence-electron chi connectivity index (χ1n) is 11.0. The van der Waals surface area contributed by atoms with Gasteiger partial charge in [0.2, 0.25) is 0 Å². The molecule has 2 heterocycles. The molecule has 0 aliphatic carbocycles. The zero-order valence-electron chi connectivity index (χ0n) is 19.0. The molecule has 0 aliphatic rings. The van der Waals surface area contributed by atoms with Crippen molar-refractivity contribution in [1.29, 1.82) is 0 Å². The molecule has 0 radical (unpaired) electrons. The Morgan fingerprint density at radius 1 is 0.794 bits per heavy atom. The number of hydrogen-bond acceptors (Lipinski definition) is 4. The molecule has 0 N–H and O–H groups in total. The fourth-order valence-corrected chi connectivity index (χ4v) is 6.58. The number of thiophene rings is 1. The van der Waals surface area contributed by atoms with Crippen LogP contribution in [-0.4, -0.2) is 15.0 Å². The van der Waals surface area contributed by atoms with Gasteiger partial charge in [-0.1, -0.05) is 0 Å². The molecule has 168 valence electrons. The van der Waals surface area contributed by atoms with E-state index in [-0.39, 0.29) is 21.2 Å². The summed E-state index contributed by atoms with van der Waals surface area (Å²) in [7, 11) is 0. The molecule has 0 fully saturated rings. The molecule has 3 nitrogen and oxygen atoms in total. The van der Waals surface area contributed by atoms with Gasteiger partial charge in [0, 0.05) is 0 Å². The third kappa shape index (κ3) is 4.45. The topological polar surface area (TPSA) is 38.7 Å². The maximum atomic E-state index is 4.95. The van der Waals surface area contributed by atoms with E-state index in [1.54, 1.807) is 0 Å². The van der Waals surface area contributed by atoms with Crippen LogP contribution in [0.2, 0.25) is 0 Å². The first kappa shape index (κ1) is 22.6. The van der Waals surface area contributed by atoms with Gasteiger partial charge in [-0.2, -0.15) is 0 Å². The van der Waals surface area contributed by atoms with E-state index < -0.39 is 0 Å². The minimum atomic E-state index is -0.321. The third-order valence-corrected chi connectivity index (χ3v) is 9.01. The van der Waals surface area contributed by atoms with Crippen molar-refractivity contribution in [2.75, 3.05) is 0 Å². The van der Waals surface area contributed by atoms with Crippen LogP contribution in [0, 0.1) is 0 Å². The summed E-state index contributed by atoms with van der Waals surface area (Å²) in [6, 6.07) is 25.1. The Morgan fingerprint density at radius 2 is 1.50 bits per heavy atom. The van der Waals surface area contributed by atoms with Crippen LogP contribution in [0.3, 0.4) is 0 Å². The van der Waals surface area contributed by atoms with Crippen molar-refractivity contribution in [2.45, 2.75) is 13.8 Å². The predicted octanol–water partition coefficient (Wildman–Crippen LogP) is 5.11. The second kappa shape index (κ2) is 9.99. The summed E-state index contributed by atoms with van der Waals surface area (Å²) in [4.78, 5) is 14.7. The zero-order valence-corrected chi connectivity index (χ0v) is 22.0. The summed E-state index contributed by atoms with van der Waals surface area (Å²) in [6.45, 7) is 8.41. The van der Waals surface area contributed by atoms with Gasteiger partial charge in [0.15, 0.2) is 0 Å². The molecule has 5 rings (SSSR count). The van der Waals surface area contributed by atoms with E-state index >= 15 is 0 Å². The number of aromatic nitrogens is 3. The van der Waals surface area contributed by atoms with Gasteiger partial charge >= 0.3 is 215 Å². The van der Waals surface area contributed by atoms with Crippen LogP contribution in [0.1, 0.15) is 19.7 Å². The normalized spacial score (nSPS) is 12.2. The number of fused-ring (bicyclic) bond motifs is 3. The van der Waals surface area contributed by atoms with Crippen molar-refractivity contribution in [3.8, 4) is 22.8 Å². The fraction of sp³-hybridized carbons (Fsp3) is 0.0690. The van der Waals surface area contributed by atoms with Gasteiger partial charge in [0.05, 0.1) is 0 Å². The van der Waals surface area contributed by atoms with Gasteiger partial charge in [-0.05, 0) is 0 Å². The number of nitrogens with zero attached hydrogens (tertiary/aromatic N) is 3. The summed E-state index contributed by atoms with van der Waals surface area (Å²) >= 11 is 1.49. The van der Waals surface area contributed by atoms with Crippen molar-refractivity contribution in [3.63, 3.8) is 0 Å². The second-order valence-corrected chi connectivity index (χ2v) is 11.4. The van der Waals surface area contributed by atoms with Crippen LogP contribution in [-0.2, 0) is 0 Å². The number of halogens is 1. The molecule has 0 saturated heterocycles. The van der Waals surface area contributed by atoms with E-state index in [9.17, 15) is 0 Å². The number of rotatable bonds is 6. The molecule has 34 heavy (non-hydrogen) atoms. The monoisotopic (exact) mass is 572 g/mol. The van der Waals surface area contributed by atoms with Gasteiger partial charge in [0.1, 0.15) is 0 Å². The Morgan fingerprint density at radius 3 is 2.26 bits per heavy atom. The Labute approximate surface area is 213 Å². The van der Waals surface area contributed by atoms with Crippen LogP contribution < -0.4 is 21.2 Å². The second-order valence-electron chi connectivity index (χ2n) is 7.66. The molecule has 5 aromatic rings. The predicted molar refractivity (Wildman–Crippen MR) is 141 cm³/mol.